The normalized spacial score (nSPS) is 12.3. The van der Waals surface area contributed by atoms with Crippen LogP contribution in [0.1, 0.15) is 61.8 Å². The summed E-state index contributed by atoms with van der Waals surface area (Å²) < 4.78 is 22.6. The Labute approximate surface area is 211 Å². The third-order valence-electron chi connectivity index (χ3n) is 5.61. The largest absolute Gasteiger partial charge is 0.489 e. The number of aromatic nitrogens is 2. The summed E-state index contributed by atoms with van der Waals surface area (Å²) in [5.41, 5.74) is 2.21. The predicted octanol–water partition coefficient (Wildman–Crippen LogP) is 5.51. The number of aliphatic hydroxyl groups is 1. The Morgan fingerprint density at radius 3 is 2.51 bits per heavy atom. The number of carbonyl (C=O) groups excluding carboxylic acids is 1. The lowest BCUT2D eigenvalue weighted by molar-refractivity contribution is 0.0930. The van der Waals surface area contributed by atoms with Crippen molar-refractivity contribution in [2.75, 3.05) is 6.61 Å². The van der Waals surface area contributed by atoms with Crippen LogP contribution in [-0.2, 0) is 13.5 Å². The number of halogens is 2. The minimum atomic E-state index is -0.458. The number of nitrogens with one attached hydrogen (secondary N) is 1. The summed E-state index contributed by atoms with van der Waals surface area (Å²) in [5, 5.41) is 12.7. The molecule has 8 heteroatoms. The van der Waals surface area contributed by atoms with Gasteiger partial charge < -0.3 is 19.7 Å². The van der Waals surface area contributed by atoms with Gasteiger partial charge in [-0.05, 0) is 56.5 Å². The summed E-state index contributed by atoms with van der Waals surface area (Å²) in [5.74, 6) is 0.956. The van der Waals surface area contributed by atoms with Crippen molar-refractivity contribution in [1.29, 1.82) is 0 Å². The number of hydrogen-bond donors (Lipinski definition) is 2. The number of benzene rings is 2. The molecule has 188 valence electrons. The van der Waals surface area contributed by atoms with Crippen LogP contribution in [0.3, 0.4) is 0 Å². The Kier molecular flexibility index (Phi) is 8.92. The van der Waals surface area contributed by atoms with E-state index in [1.54, 1.807) is 18.2 Å². The van der Waals surface area contributed by atoms with E-state index in [-0.39, 0.29) is 43.2 Å². The van der Waals surface area contributed by atoms with Gasteiger partial charge in [-0.3, -0.25) is 4.79 Å². The van der Waals surface area contributed by atoms with E-state index in [9.17, 15) is 9.90 Å². The molecule has 2 N–H and O–H groups in total. The lowest BCUT2D eigenvalue weighted by Gasteiger charge is -2.19. The zero-order valence-corrected chi connectivity index (χ0v) is 21.6. The number of aryl methyl sites for hydroxylation is 1. The van der Waals surface area contributed by atoms with Crippen LogP contribution in [0.2, 0.25) is 5.02 Å². The van der Waals surface area contributed by atoms with Crippen molar-refractivity contribution in [3.05, 3.63) is 70.4 Å². The first-order valence-corrected chi connectivity index (χ1v) is 12.2. The first-order chi connectivity index (χ1) is 16.6. The van der Waals surface area contributed by atoms with Gasteiger partial charge in [-0.25, -0.2) is 9.37 Å². The molecule has 3 rings (SSSR count). The lowest BCUT2D eigenvalue weighted by atomic mass is 10.00. The monoisotopic (exact) mass is 501 g/mol. The third-order valence-corrected chi connectivity index (χ3v) is 5.91. The molecule has 0 fully saturated rings. The molecular weight excluding hydrogens is 469 g/mol. The topological polar surface area (TPSA) is 76.4 Å². The quantitative estimate of drug-likeness (QED) is 0.384. The molecule has 0 spiro atoms. The van der Waals surface area contributed by atoms with E-state index >= 15 is 4.39 Å². The number of aliphatic hydroxyl groups excluding tert-OH is 1. The molecule has 35 heavy (non-hydrogen) atoms. The summed E-state index contributed by atoms with van der Waals surface area (Å²) >= 11 is 6.26. The lowest BCUT2D eigenvalue weighted by Crippen LogP contribution is -2.37. The SMILES string of the molecule is CC(C)Oc1ccc(C(=O)N[C@H](CCO)Cc2ccc(-c3cn(C)c(C(C)C)n3)cc2F)cc1Cl. The molecule has 1 aromatic heterocycles. The van der Waals surface area contributed by atoms with Crippen molar-refractivity contribution in [2.45, 2.75) is 58.6 Å². The molecule has 0 aliphatic rings. The summed E-state index contributed by atoms with van der Waals surface area (Å²) in [6, 6.07) is 9.36. The fourth-order valence-corrected chi connectivity index (χ4v) is 4.16. The molecule has 0 bridgehead atoms. The summed E-state index contributed by atoms with van der Waals surface area (Å²) in [4.78, 5) is 17.5. The minimum absolute atomic E-state index is 0.0441. The zero-order chi connectivity index (χ0) is 25.7. The molecule has 2 aromatic carbocycles. The van der Waals surface area contributed by atoms with E-state index in [1.807, 2.05) is 37.7 Å². The molecule has 0 aliphatic carbocycles. The number of amides is 1. The van der Waals surface area contributed by atoms with Crippen LogP contribution in [0, 0.1) is 5.82 Å². The highest BCUT2D eigenvalue weighted by Crippen LogP contribution is 2.27. The van der Waals surface area contributed by atoms with Gasteiger partial charge in [-0.2, -0.15) is 0 Å². The Morgan fingerprint density at radius 2 is 1.94 bits per heavy atom. The number of carbonyl (C=O) groups is 1. The maximum atomic E-state index is 15.0. The van der Waals surface area contributed by atoms with Crippen molar-refractivity contribution in [1.82, 2.24) is 14.9 Å². The first kappa shape index (κ1) is 26.7. The van der Waals surface area contributed by atoms with E-state index in [2.05, 4.69) is 24.1 Å². The second kappa shape index (κ2) is 11.7. The van der Waals surface area contributed by atoms with Crippen LogP contribution in [0.4, 0.5) is 4.39 Å². The van der Waals surface area contributed by atoms with E-state index in [0.717, 1.165) is 5.82 Å². The van der Waals surface area contributed by atoms with Crippen molar-refractivity contribution >= 4 is 17.5 Å². The number of rotatable bonds is 10. The van der Waals surface area contributed by atoms with Crippen molar-refractivity contribution in [2.24, 2.45) is 7.05 Å². The third kappa shape index (κ3) is 6.83. The number of ether oxygens (including phenoxy) is 1. The fourth-order valence-electron chi connectivity index (χ4n) is 3.94. The van der Waals surface area contributed by atoms with Crippen molar-refractivity contribution in [3.8, 4) is 17.0 Å². The Bertz CT molecular complexity index is 1180. The van der Waals surface area contributed by atoms with Crippen LogP contribution < -0.4 is 10.1 Å². The Morgan fingerprint density at radius 1 is 1.20 bits per heavy atom. The highest BCUT2D eigenvalue weighted by Gasteiger charge is 2.18. The fraction of sp³-hybridized carbons (Fsp3) is 0.407. The van der Waals surface area contributed by atoms with Gasteiger partial charge in [0.1, 0.15) is 17.4 Å². The van der Waals surface area contributed by atoms with E-state index in [0.29, 0.717) is 33.2 Å². The molecule has 0 saturated heterocycles. The average Bonchev–Trinajstić information content (AvgIpc) is 3.18. The summed E-state index contributed by atoms with van der Waals surface area (Å²) in [6.07, 6.45) is 2.37. The van der Waals surface area contributed by atoms with Crippen LogP contribution in [0.25, 0.3) is 11.3 Å². The van der Waals surface area contributed by atoms with Gasteiger partial charge in [0.2, 0.25) is 0 Å². The number of hydrogen-bond acceptors (Lipinski definition) is 4. The average molecular weight is 502 g/mol. The molecule has 0 unspecified atom stereocenters. The predicted molar refractivity (Wildman–Crippen MR) is 137 cm³/mol. The van der Waals surface area contributed by atoms with E-state index in [1.165, 1.54) is 12.1 Å². The van der Waals surface area contributed by atoms with E-state index < -0.39 is 6.04 Å². The number of imidazole rings is 1. The summed E-state index contributed by atoms with van der Waals surface area (Å²) in [6.45, 7) is 7.77. The van der Waals surface area contributed by atoms with Gasteiger partial charge in [-0.1, -0.05) is 37.6 Å². The van der Waals surface area contributed by atoms with Gasteiger partial charge in [0, 0.05) is 42.9 Å². The van der Waals surface area contributed by atoms with Crippen molar-refractivity contribution in [3.63, 3.8) is 0 Å². The number of nitrogens with zero attached hydrogens (tertiary/aromatic N) is 2. The molecule has 6 nitrogen and oxygen atoms in total. The molecule has 0 aliphatic heterocycles. The molecule has 1 heterocycles. The molecular formula is C27H33ClFN3O3. The summed E-state index contributed by atoms with van der Waals surface area (Å²) in [7, 11) is 1.93. The first-order valence-electron chi connectivity index (χ1n) is 11.8. The van der Waals surface area contributed by atoms with Gasteiger partial charge in [0.15, 0.2) is 0 Å². The second-order valence-electron chi connectivity index (χ2n) is 9.25. The smallest absolute Gasteiger partial charge is 0.251 e. The minimum Gasteiger partial charge on any atom is -0.489 e. The van der Waals surface area contributed by atoms with Crippen LogP contribution >= 0.6 is 11.6 Å². The maximum Gasteiger partial charge on any atom is 0.251 e. The highest BCUT2D eigenvalue weighted by atomic mass is 35.5. The second-order valence-corrected chi connectivity index (χ2v) is 9.66. The Balaban J connectivity index is 1.74. The maximum absolute atomic E-state index is 15.0. The molecule has 0 saturated carbocycles. The van der Waals surface area contributed by atoms with Crippen LogP contribution in [0.5, 0.6) is 5.75 Å². The Hall–Kier alpha value is -2.90. The van der Waals surface area contributed by atoms with Gasteiger partial charge in [0.05, 0.1) is 16.8 Å². The molecule has 1 atom stereocenters. The molecule has 0 radical (unpaired) electrons. The zero-order valence-electron chi connectivity index (χ0n) is 20.8. The van der Waals surface area contributed by atoms with Crippen LogP contribution in [-0.4, -0.2) is 39.3 Å². The van der Waals surface area contributed by atoms with Gasteiger partial charge >= 0.3 is 0 Å². The molecule has 1 amide bonds. The van der Waals surface area contributed by atoms with Crippen LogP contribution in [0.15, 0.2) is 42.6 Å². The van der Waals surface area contributed by atoms with E-state index in [4.69, 9.17) is 16.3 Å². The highest BCUT2D eigenvalue weighted by molar-refractivity contribution is 6.32. The molecule has 3 aromatic rings. The van der Waals surface area contributed by atoms with Crippen molar-refractivity contribution < 1.29 is 19.0 Å². The standard InChI is InChI=1S/C27H33ClFN3O3/c1-16(2)26-31-24(15-32(26)5)19-7-6-18(23(29)14-19)12-21(10-11-33)30-27(34)20-8-9-25(22(28)13-20)35-17(3)4/h6-9,13-17,21,33H,10-12H2,1-5H3,(H,30,34)/t21-/m1/s1. The van der Waals surface area contributed by atoms with Gasteiger partial charge in [-0.15, -0.1) is 0 Å². The van der Waals surface area contributed by atoms with Gasteiger partial charge in [0.25, 0.3) is 5.91 Å².